The lowest BCUT2D eigenvalue weighted by atomic mass is 10.1. The van der Waals surface area contributed by atoms with Gasteiger partial charge in [0.05, 0.1) is 17.3 Å². The standard InChI is InChI=1S/C22H25ClN4O3S/c1-3-30-17-6-4-5-15(13-17)20(28)25-22(31)24-19-14-16(7-8-18(19)23)21(29)27-11-9-26(2)10-12-27/h4-8,13-14H,3,9-12H2,1-2H3,(H2,24,25,28,31). The summed E-state index contributed by atoms with van der Waals surface area (Å²) in [4.78, 5) is 29.3. The normalized spacial score (nSPS) is 14.1. The van der Waals surface area contributed by atoms with Crippen LogP contribution in [0.5, 0.6) is 5.75 Å². The lowest BCUT2D eigenvalue weighted by Gasteiger charge is -2.32. The Morgan fingerprint density at radius 1 is 1.10 bits per heavy atom. The van der Waals surface area contributed by atoms with Gasteiger partial charge >= 0.3 is 0 Å². The summed E-state index contributed by atoms with van der Waals surface area (Å²) in [5.74, 6) is 0.169. The van der Waals surface area contributed by atoms with E-state index in [4.69, 9.17) is 28.6 Å². The minimum absolute atomic E-state index is 0.0597. The highest BCUT2D eigenvalue weighted by atomic mass is 35.5. The number of carbonyl (C=O) groups is 2. The molecule has 3 rings (SSSR count). The summed E-state index contributed by atoms with van der Waals surface area (Å²) in [7, 11) is 2.04. The summed E-state index contributed by atoms with van der Waals surface area (Å²) < 4.78 is 5.42. The Hall–Kier alpha value is -2.68. The third-order valence-electron chi connectivity index (χ3n) is 4.89. The SMILES string of the molecule is CCOc1cccc(C(=O)NC(=S)Nc2cc(C(=O)N3CCN(C)CC3)ccc2Cl)c1. The number of anilines is 1. The van der Waals surface area contributed by atoms with Crippen molar-refractivity contribution in [2.45, 2.75) is 6.92 Å². The maximum atomic E-state index is 12.8. The minimum atomic E-state index is -0.375. The molecule has 1 heterocycles. The highest BCUT2D eigenvalue weighted by molar-refractivity contribution is 7.80. The van der Waals surface area contributed by atoms with Gasteiger partial charge in [0.1, 0.15) is 5.75 Å². The molecular weight excluding hydrogens is 436 g/mol. The van der Waals surface area contributed by atoms with Gasteiger partial charge < -0.3 is 19.9 Å². The van der Waals surface area contributed by atoms with E-state index >= 15 is 0 Å². The van der Waals surface area contributed by atoms with E-state index < -0.39 is 0 Å². The van der Waals surface area contributed by atoms with E-state index in [2.05, 4.69) is 15.5 Å². The van der Waals surface area contributed by atoms with Crippen LogP contribution in [0.1, 0.15) is 27.6 Å². The van der Waals surface area contributed by atoms with E-state index in [1.54, 1.807) is 42.5 Å². The first-order chi connectivity index (χ1) is 14.9. The van der Waals surface area contributed by atoms with Crippen LogP contribution in [0.2, 0.25) is 5.02 Å². The Morgan fingerprint density at radius 3 is 2.55 bits per heavy atom. The van der Waals surface area contributed by atoms with Crippen molar-refractivity contribution in [3.8, 4) is 5.75 Å². The molecule has 0 saturated carbocycles. The van der Waals surface area contributed by atoms with Crippen molar-refractivity contribution < 1.29 is 14.3 Å². The Balaban J connectivity index is 1.65. The lowest BCUT2D eigenvalue weighted by molar-refractivity contribution is 0.0664. The molecule has 31 heavy (non-hydrogen) atoms. The van der Waals surface area contributed by atoms with Crippen molar-refractivity contribution in [3.63, 3.8) is 0 Å². The summed E-state index contributed by atoms with van der Waals surface area (Å²) in [6.07, 6.45) is 0. The fourth-order valence-electron chi connectivity index (χ4n) is 3.17. The number of halogens is 1. The van der Waals surface area contributed by atoms with Gasteiger partial charge in [-0.1, -0.05) is 17.7 Å². The lowest BCUT2D eigenvalue weighted by Crippen LogP contribution is -2.47. The number of piperazine rings is 1. The molecule has 0 aromatic heterocycles. The molecule has 1 aliphatic rings. The fraction of sp³-hybridized carbons (Fsp3) is 0.318. The molecule has 0 unspecified atom stereocenters. The van der Waals surface area contributed by atoms with Crippen LogP contribution in [0.15, 0.2) is 42.5 Å². The van der Waals surface area contributed by atoms with E-state index in [-0.39, 0.29) is 16.9 Å². The summed E-state index contributed by atoms with van der Waals surface area (Å²) in [5, 5.41) is 6.01. The third-order valence-corrected chi connectivity index (χ3v) is 5.42. The Bertz CT molecular complexity index is 977. The van der Waals surface area contributed by atoms with Gasteiger partial charge in [-0.25, -0.2) is 0 Å². The minimum Gasteiger partial charge on any atom is -0.494 e. The first-order valence-corrected chi connectivity index (χ1v) is 10.8. The molecule has 2 aromatic rings. The number of hydrogen-bond acceptors (Lipinski definition) is 5. The van der Waals surface area contributed by atoms with Crippen LogP contribution in [-0.2, 0) is 0 Å². The predicted molar refractivity (Wildman–Crippen MR) is 126 cm³/mol. The van der Waals surface area contributed by atoms with Crippen molar-refractivity contribution in [2.75, 3.05) is 45.2 Å². The number of nitrogens with zero attached hydrogens (tertiary/aromatic N) is 2. The zero-order chi connectivity index (χ0) is 22.4. The maximum Gasteiger partial charge on any atom is 0.257 e. The third kappa shape index (κ3) is 6.16. The summed E-state index contributed by atoms with van der Waals surface area (Å²) in [6.45, 7) is 5.41. The average molecular weight is 461 g/mol. The zero-order valence-corrected chi connectivity index (χ0v) is 19.1. The van der Waals surface area contributed by atoms with E-state index in [9.17, 15) is 9.59 Å². The quantitative estimate of drug-likeness (QED) is 0.667. The van der Waals surface area contributed by atoms with Crippen LogP contribution >= 0.6 is 23.8 Å². The van der Waals surface area contributed by atoms with Gasteiger partial charge in [-0.15, -0.1) is 0 Å². The van der Waals surface area contributed by atoms with Crippen LogP contribution in [0, 0.1) is 0 Å². The largest absolute Gasteiger partial charge is 0.494 e. The first-order valence-electron chi connectivity index (χ1n) is 10.00. The Labute approximate surface area is 192 Å². The molecule has 0 bridgehead atoms. The topological polar surface area (TPSA) is 73.9 Å². The van der Waals surface area contributed by atoms with Gasteiger partial charge in [0.2, 0.25) is 0 Å². The molecule has 1 aliphatic heterocycles. The van der Waals surface area contributed by atoms with E-state index in [1.165, 1.54) is 0 Å². The van der Waals surface area contributed by atoms with Crippen LogP contribution in [0.25, 0.3) is 0 Å². The van der Waals surface area contributed by atoms with Gasteiger partial charge in [0, 0.05) is 37.3 Å². The number of hydrogen-bond donors (Lipinski definition) is 2. The Morgan fingerprint density at radius 2 is 1.84 bits per heavy atom. The van der Waals surface area contributed by atoms with E-state index in [0.717, 1.165) is 13.1 Å². The molecule has 0 aliphatic carbocycles. The Kier molecular flexibility index (Phi) is 7.84. The van der Waals surface area contributed by atoms with Gasteiger partial charge in [0.25, 0.3) is 11.8 Å². The molecule has 1 fully saturated rings. The second kappa shape index (κ2) is 10.6. The second-order valence-corrected chi connectivity index (χ2v) is 7.97. The zero-order valence-electron chi connectivity index (χ0n) is 17.5. The maximum absolute atomic E-state index is 12.8. The second-order valence-electron chi connectivity index (χ2n) is 7.16. The molecule has 1 saturated heterocycles. The van der Waals surface area contributed by atoms with Gasteiger partial charge in [-0.2, -0.15) is 0 Å². The van der Waals surface area contributed by atoms with Crippen LogP contribution in [0.4, 0.5) is 5.69 Å². The first kappa shape index (κ1) is 23.0. The van der Waals surface area contributed by atoms with Crippen LogP contribution in [-0.4, -0.2) is 66.6 Å². The van der Waals surface area contributed by atoms with E-state index in [1.807, 2.05) is 18.9 Å². The smallest absolute Gasteiger partial charge is 0.257 e. The number of nitrogens with one attached hydrogen (secondary N) is 2. The average Bonchev–Trinajstić information content (AvgIpc) is 2.75. The fourth-order valence-corrected chi connectivity index (χ4v) is 3.54. The highest BCUT2D eigenvalue weighted by Gasteiger charge is 2.21. The van der Waals surface area contributed by atoms with Crippen molar-refractivity contribution >= 4 is 46.4 Å². The van der Waals surface area contributed by atoms with Crippen molar-refractivity contribution in [3.05, 3.63) is 58.6 Å². The molecular formula is C22H25ClN4O3S. The summed E-state index contributed by atoms with van der Waals surface area (Å²) in [5.41, 5.74) is 1.38. The van der Waals surface area contributed by atoms with Gasteiger partial charge in [-0.05, 0) is 62.6 Å². The van der Waals surface area contributed by atoms with Crippen molar-refractivity contribution in [1.29, 1.82) is 0 Å². The monoisotopic (exact) mass is 460 g/mol. The van der Waals surface area contributed by atoms with Crippen molar-refractivity contribution in [1.82, 2.24) is 15.1 Å². The predicted octanol–water partition coefficient (Wildman–Crippen LogP) is 3.25. The molecule has 7 nitrogen and oxygen atoms in total. The molecule has 164 valence electrons. The number of rotatable bonds is 5. The number of amides is 2. The number of likely N-dealkylation sites (N-methyl/N-ethyl adjacent to an activating group) is 1. The van der Waals surface area contributed by atoms with Gasteiger partial charge in [0.15, 0.2) is 5.11 Å². The van der Waals surface area contributed by atoms with E-state index in [0.29, 0.717) is 47.3 Å². The molecule has 2 aromatic carbocycles. The molecule has 2 N–H and O–H groups in total. The molecule has 0 atom stereocenters. The summed E-state index contributed by atoms with van der Waals surface area (Å²) >= 11 is 11.5. The number of ether oxygens (including phenoxy) is 1. The van der Waals surface area contributed by atoms with Crippen molar-refractivity contribution in [2.24, 2.45) is 0 Å². The number of benzene rings is 2. The number of carbonyl (C=O) groups excluding carboxylic acids is 2. The molecule has 9 heteroatoms. The van der Waals surface area contributed by atoms with Crippen LogP contribution < -0.4 is 15.4 Å². The molecule has 0 radical (unpaired) electrons. The highest BCUT2D eigenvalue weighted by Crippen LogP contribution is 2.24. The molecule has 2 amide bonds. The number of thiocarbonyl (C=S) groups is 1. The van der Waals surface area contributed by atoms with Gasteiger partial charge in [-0.3, -0.25) is 14.9 Å². The molecule has 0 spiro atoms. The van der Waals surface area contributed by atoms with Crippen LogP contribution in [0.3, 0.4) is 0 Å². The summed E-state index contributed by atoms with van der Waals surface area (Å²) in [6, 6.07) is 11.8.